The van der Waals surface area contributed by atoms with Gasteiger partial charge in [0.1, 0.15) is 0 Å². The lowest BCUT2D eigenvalue weighted by molar-refractivity contribution is 1.08. The fourth-order valence-corrected chi connectivity index (χ4v) is 9.41. The van der Waals surface area contributed by atoms with Gasteiger partial charge in [-0.3, -0.25) is 0 Å². The quantitative estimate of drug-likeness (QED) is 0.153. The van der Waals surface area contributed by atoms with Crippen LogP contribution in [-0.2, 0) is 0 Å². The Labute approximate surface area is 377 Å². The van der Waals surface area contributed by atoms with Gasteiger partial charge >= 0.3 is 0 Å². The third kappa shape index (κ3) is 6.85. The van der Waals surface area contributed by atoms with Gasteiger partial charge in [-0.1, -0.05) is 212 Å². The standard InChI is InChI=1S/C61H40N4/c1-4-18-41(19-5-1)46-36-39-58-55(40-46)52-28-15-17-31-57(52)65(58)56-30-16-14-25-49(56)44-34-32-43(33-35-44)48-37-38-54(51-27-12-11-26-50(48)51)61-63-59(45-22-8-3-9-23-45)62-60(64-61)53-29-13-10-24-47(53)42-20-6-2-7-21-42/h1-40H. The summed E-state index contributed by atoms with van der Waals surface area (Å²) in [5.41, 5.74) is 15.6. The van der Waals surface area contributed by atoms with Crippen LogP contribution in [0.1, 0.15) is 0 Å². The smallest absolute Gasteiger partial charge is 0.164 e. The first-order valence-electron chi connectivity index (χ1n) is 22.0. The molecule has 10 aromatic carbocycles. The highest BCUT2D eigenvalue weighted by molar-refractivity contribution is 6.11. The average molecular weight is 829 g/mol. The first-order valence-corrected chi connectivity index (χ1v) is 22.0. The van der Waals surface area contributed by atoms with Gasteiger partial charge in [0.2, 0.25) is 0 Å². The second-order valence-corrected chi connectivity index (χ2v) is 16.3. The predicted octanol–water partition coefficient (Wildman–Crippen LogP) is 15.8. The van der Waals surface area contributed by atoms with Gasteiger partial charge in [0, 0.05) is 33.0 Å². The summed E-state index contributed by atoms with van der Waals surface area (Å²) in [6, 6.07) is 85.9. The molecule has 12 rings (SSSR count). The molecule has 0 saturated carbocycles. The van der Waals surface area contributed by atoms with Crippen LogP contribution in [0.4, 0.5) is 0 Å². The largest absolute Gasteiger partial charge is 0.309 e. The monoisotopic (exact) mass is 828 g/mol. The molecule has 0 aliphatic carbocycles. The van der Waals surface area contributed by atoms with Crippen molar-refractivity contribution in [2.24, 2.45) is 0 Å². The van der Waals surface area contributed by atoms with Crippen molar-refractivity contribution in [1.29, 1.82) is 0 Å². The van der Waals surface area contributed by atoms with E-state index in [4.69, 9.17) is 15.0 Å². The molecule has 0 aliphatic heterocycles. The van der Waals surface area contributed by atoms with Crippen LogP contribution in [0.15, 0.2) is 243 Å². The van der Waals surface area contributed by atoms with Crippen molar-refractivity contribution in [3.05, 3.63) is 243 Å². The maximum Gasteiger partial charge on any atom is 0.164 e. The molecule has 2 heterocycles. The van der Waals surface area contributed by atoms with Crippen molar-refractivity contribution in [3.63, 3.8) is 0 Å². The number of fused-ring (bicyclic) bond motifs is 4. The molecule has 0 N–H and O–H groups in total. The molecular weight excluding hydrogens is 789 g/mol. The fourth-order valence-electron chi connectivity index (χ4n) is 9.41. The normalized spacial score (nSPS) is 11.4. The molecule has 0 atom stereocenters. The summed E-state index contributed by atoms with van der Waals surface area (Å²) < 4.78 is 2.42. The van der Waals surface area contributed by atoms with E-state index in [2.05, 4.69) is 217 Å². The van der Waals surface area contributed by atoms with Crippen molar-refractivity contribution >= 4 is 32.6 Å². The van der Waals surface area contributed by atoms with Crippen LogP contribution in [0.5, 0.6) is 0 Å². The highest BCUT2D eigenvalue weighted by Crippen LogP contribution is 2.41. The van der Waals surface area contributed by atoms with Crippen molar-refractivity contribution in [2.75, 3.05) is 0 Å². The van der Waals surface area contributed by atoms with Gasteiger partial charge in [0.15, 0.2) is 17.5 Å². The van der Waals surface area contributed by atoms with E-state index in [0.29, 0.717) is 17.5 Å². The SMILES string of the molecule is c1ccc(-c2ccc3c(c2)c2ccccc2n3-c2ccccc2-c2ccc(-c3ccc(-c4nc(-c5ccccc5)nc(-c5ccccc5-c5ccccc5)n4)c4ccccc34)cc2)cc1. The van der Waals surface area contributed by atoms with Gasteiger partial charge < -0.3 is 4.57 Å². The van der Waals surface area contributed by atoms with Gasteiger partial charge in [-0.2, -0.15) is 0 Å². The van der Waals surface area contributed by atoms with Gasteiger partial charge in [0.05, 0.1) is 16.7 Å². The number of benzene rings is 10. The summed E-state index contributed by atoms with van der Waals surface area (Å²) in [6.45, 7) is 0. The van der Waals surface area contributed by atoms with Crippen LogP contribution in [0.25, 0.3) is 117 Å². The average Bonchev–Trinajstić information content (AvgIpc) is 3.72. The molecular formula is C61H40N4. The zero-order valence-corrected chi connectivity index (χ0v) is 35.4. The zero-order valence-electron chi connectivity index (χ0n) is 35.4. The molecule has 0 aliphatic rings. The minimum Gasteiger partial charge on any atom is -0.309 e. The summed E-state index contributed by atoms with van der Waals surface area (Å²) in [7, 11) is 0. The Morgan fingerprint density at radius 2 is 0.677 bits per heavy atom. The number of nitrogens with zero attached hydrogens (tertiary/aromatic N) is 4. The summed E-state index contributed by atoms with van der Waals surface area (Å²) in [6.07, 6.45) is 0. The number of para-hydroxylation sites is 2. The van der Waals surface area contributed by atoms with E-state index in [0.717, 1.165) is 61.0 Å². The van der Waals surface area contributed by atoms with Gasteiger partial charge in [-0.15, -0.1) is 0 Å². The Morgan fingerprint density at radius 1 is 0.231 bits per heavy atom. The van der Waals surface area contributed by atoms with Crippen LogP contribution in [0.3, 0.4) is 0 Å². The van der Waals surface area contributed by atoms with E-state index < -0.39 is 0 Å². The molecule has 0 spiro atoms. The molecule has 4 heteroatoms. The van der Waals surface area contributed by atoms with E-state index >= 15 is 0 Å². The first kappa shape index (κ1) is 38.0. The number of hydrogen-bond acceptors (Lipinski definition) is 3. The Morgan fingerprint density at radius 3 is 1.38 bits per heavy atom. The molecule has 0 radical (unpaired) electrons. The Kier molecular flexibility index (Phi) is 9.46. The van der Waals surface area contributed by atoms with Crippen molar-refractivity contribution in [2.45, 2.75) is 0 Å². The number of aromatic nitrogens is 4. The topological polar surface area (TPSA) is 43.6 Å². The van der Waals surface area contributed by atoms with E-state index in [1.165, 1.54) is 38.5 Å². The van der Waals surface area contributed by atoms with Crippen LogP contribution >= 0.6 is 0 Å². The molecule has 0 saturated heterocycles. The summed E-state index contributed by atoms with van der Waals surface area (Å²) in [5.74, 6) is 1.90. The molecule has 0 fully saturated rings. The third-order valence-corrected chi connectivity index (χ3v) is 12.5. The van der Waals surface area contributed by atoms with E-state index in [1.54, 1.807) is 0 Å². The first-order chi connectivity index (χ1) is 32.2. The zero-order chi connectivity index (χ0) is 43.1. The maximum atomic E-state index is 5.24. The Balaban J connectivity index is 0.948. The molecule has 12 aromatic rings. The molecule has 0 unspecified atom stereocenters. The molecule has 0 bridgehead atoms. The van der Waals surface area contributed by atoms with Gasteiger partial charge in [-0.25, -0.2) is 15.0 Å². The van der Waals surface area contributed by atoms with Crippen molar-refractivity contribution in [1.82, 2.24) is 19.5 Å². The molecule has 0 amide bonds. The number of hydrogen-bond donors (Lipinski definition) is 0. The molecule has 4 nitrogen and oxygen atoms in total. The minimum atomic E-state index is 0.632. The van der Waals surface area contributed by atoms with E-state index in [-0.39, 0.29) is 0 Å². The molecule has 65 heavy (non-hydrogen) atoms. The Bertz CT molecular complexity index is 3690. The highest BCUT2D eigenvalue weighted by atomic mass is 15.0. The van der Waals surface area contributed by atoms with Gasteiger partial charge in [-0.05, 0) is 80.0 Å². The maximum absolute atomic E-state index is 5.24. The summed E-state index contributed by atoms with van der Waals surface area (Å²) in [5, 5.41) is 4.69. The lowest BCUT2D eigenvalue weighted by Gasteiger charge is -2.16. The highest BCUT2D eigenvalue weighted by Gasteiger charge is 2.20. The van der Waals surface area contributed by atoms with Crippen LogP contribution < -0.4 is 0 Å². The lowest BCUT2D eigenvalue weighted by Crippen LogP contribution is -2.01. The summed E-state index contributed by atoms with van der Waals surface area (Å²) >= 11 is 0. The minimum absolute atomic E-state index is 0.632. The number of rotatable bonds is 8. The second kappa shape index (κ2) is 16.2. The van der Waals surface area contributed by atoms with Crippen LogP contribution in [-0.4, -0.2) is 19.5 Å². The molecule has 2 aromatic heterocycles. The Hall–Kier alpha value is -8.73. The second-order valence-electron chi connectivity index (χ2n) is 16.3. The predicted molar refractivity (Wildman–Crippen MR) is 270 cm³/mol. The van der Waals surface area contributed by atoms with E-state index in [9.17, 15) is 0 Å². The fraction of sp³-hybridized carbons (Fsp3) is 0. The van der Waals surface area contributed by atoms with Crippen LogP contribution in [0, 0.1) is 0 Å². The van der Waals surface area contributed by atoms with Crippen LogP contribution in [0.2, 0.25) is 0 Å². The summed E-state index contributed by atoms with van der Waals surface area (Å²) in [4.78, 5) is 15.5. The van der Waals surface area contributed by atoms with Crippen molar-refractivity contribution < 1.29 is 0 Å². The lowest BCUT2D eigenvalue weighted by atomic mass is 9.93. The molecule has 304 valence electrons. The van der Waals surface area contributed by atoms with Crippen molar-refractivity contribution in [3.8, 4) is 84.4 Å². The van der Waals surface area contributed by atoms with Gasteiger partial charge in [0.25, 0.3) is 0 Å². The van der Waals surface area contributed by atoms with E-state index in [1.807, 2.05) is 30.3 Å². The third-order valence-electron chi connectivity index (χ3n) is 12.5.